The molecule has 0 unspecified atom stereocenters. The zero-order valence-electron chi connectivity index (χ0n) is 16.7. The lowest BCUT2D eigenvalue weighted by atomic mass is 10.1. The minimum atomic E-state index is -0.864. The van der Waals surface area contributed by atoms with Crippen LogP contribution < -0.4 is 9.64 Å². The highest BCUT2D eigenvalue weighted by Crippen LogP contribution is 2.41. The predicted molar refractivity (Wildman–Crippen MR) is 113 cm³/mol. The number of carbonyl (C=O) groups is 2. The summed E-state index contributed by atoms with van der Waals surface area (Å²) in [6.07, 6.45) is 7.55. The number of hydrogen-bond donors (Lipinski definition) is 0. The summed E-state index contributed by atoms with van der Waals surface area (Å²) in [7, 11) is 2.32. The first-order valence-corrected chi connectivity index (χ1v) is 9.80. The molecule has 0 N–H and O–H groups in total. The highest BCUT2D eigenvalue weighted by atomic mass is 79.9. The number of nitro groups is 1. The van der Waals surface area contributed by atoms with Gasteiger partial charge in [0.15, 0.2) is 0 Å². The van der Waals surface area contributed by atoms with Gasteiger partial charge in [0.25, 0.3) is 5.69 Å². The van der Waals surface area contributed by atoms with E-state index in [1.807, 2.05) is 6.92 Å². The molecule has 0 atom stereocenters. The minimum absolute atomic E-state index is 0.0245. The van der Waals surface area contributed by atoms with E-state index in [4.69, 9.17) is 14.2 Å². The Labute approximate surface area is 181 Å². The van der Waals surface area contributed by atoms with Crippen LogP contribution >= 0.6 is 15.9 Å². The number of rotatable bonds is 8. The van der Waals surface area contributed by atoms with E-state index < -0.39 is 16.9 Å². The molecule has 0 amide bonds. The van der Waals surface area contributed by atoms with Crippen LogP contribution in [0.2, 0.25) is 0 Å². The standard InChI is InChI=1S/C20H21BrN2O7/c1-4-5-10-30-17-12-15(16(23(26)27)11-14(17)21)22-9-7-6-8-13(19(24)28-2)18(22)20(25)29-3/h6-9,11-12H,4-5,10H2,1-3H3. The lowest BCUT2D eigenvalue weighted by molar-refractivity contribution is -0.384. The summed E-state index contributed by atoms with van der Waals surface area (Å²) >= 11 is 3.29. The minimum Gasteiger partial charge on any atom is -0.492 e. The Hall–Kier alpha value is -3.14. The van der Waals surface area contributed by atoms with E-state index in [1.54, 1.807) is 0 Å². The molecular weight excluding hydrogens is 460 g/mol. The third kappa shape index (κ3) is 5.07. The molecule has 0 radical (unpaired) electrons. The van der Waals surface area contributed by atoms with E-state index in [0.717, 1.165) is 20.0 Å². The number of nitro benzene ring substituents is 1. The Morgan fingerprint density at radius 2 is 1.87 bits per heavy atom. The van der Waals surface area contributed by atoms with E-state index in [1.165, 1.54) is 48.6 Å². The van der Waals surface area contributed by atoms with Crippen molar-refractivity contribution in [2.45, 2.75) is 19.8 Å². The molecule has 10 heteroatoms. The molecule has 0 aliphatic carbocycles. The van der Waals surface area contributed by atoms with Gasteiger partial charge in [-0.3, -0.25) is 10.1 Å². The predicted octanol–water partition coefficient (Wildman–Crippen LogP) is 4.03. The fraction of sp³-hybridized carbons (Fsp3) is 0.300. The van der Waals surface area contributed by atoms with Crippen molar-refractivity contribution in [1.29, 1.82) is 0 Å². The number of anilines is 1. The number of nitrogens with zero attached hydrogens (tertiary/aromatic N) is 2. The van der Waals surface area contributed by atoms with Crippen molar-refractivity contribution < 1.29 is 28.7 Å². The van der Waals surface area contributed by atoms with Gasteiger partial charge in [-0.25, -0.2) is 9.59 Å². The average Bonchev–Trinajstić information content (AvgIpc) is 2.96. The molecule has 0 saturated carbocycles. The second-order valence-corrected chi connectivity index (χ2v) is 6.90. The van der Waals surface area contributed by atoms with Crippen LogP contribution in [0, 0.1) is 10.1 Å². The van der Waals surface area contributed by atoms with Gasteiger partial charge in [0.05, 0.1) is 35.8 Å². The normalized spacial score (nSPS) is 13.1. The van der Waals surface area contributed by atoms with Crippen LogP contribution in [0.4, 0.5) is 11.4 Å². The van der Waals surface area contributed by atoms with Gasteiger partial charge in [-0.15, -0.1) is 0 Å². The van der Waals surface area contributed by atoms with Crippen LogP contribution in [0.3, 0.4) is 0 Å². The van der Waals surface area contributed by atoms with Gasteiger partial charge in [-0.1, -0.05) is 19.4 Å². The molecule has 9 nitrogen and oxygen atoms in total. The van der Waals surface area contributed by atoms with Gasteiger partial charge in [0.1, 0.15) is 17.1 Å². The van der Waals surface area contributed by atoms with Crippen molar-refractivity contribution in [3.8, 4) is 5.75 Å². The molecule has 1 aliphatic heterocycles. The molecule has 30 heavy (non-hydrogen) atoms. The first kappa shape index (κ1) is 23.1. The molecular formula is C20H21BrN2O7. The summed E-state index contributed by atoms with van der Waals surface area (Å²) < 4.78 is 15.7. The van der Waals surface area contributed by atoms with Crippen LogP contribution in [0.5, 0.6) is 5.75 Å². The van der Waals surface area contributed by atoms with Crippen LogP contribution in [-0.4, -0.2) is 37.7 Å². The molecule has 0 bridgehead atoms. The van der Waals surface area contributed by atoms with Crippen LogP contribution in [-0.2, 0) is 19.1 Å². The van der Waals surface area contributed by atoms with E-state index >= 15 is 0 Å². The zero-order valence-corrected chi connectivity index (χ0v) is 18.3. The van der Waals surface area contributed by atoms with E-state index in [-0.39, 0.29) is 22.6 Å². The van der Waals surface area contributed by atoms with E-state index in [0.29, 0.717) is 16.8 Å². The topological polar surface area (TPSA) is 108 Å². The van der Waals surface area contributed by atoms with Gasteiger partial charge < -0.3 is 19.1 Å². The Kier molecular flexibility index (Phi) is 8.16. The lowest BCUT2D eigenvalue weighted by Gasteiger charge is -2.23. The van der Waals surface area contributed by atoms with Crippen molar-refractivity contribution >= 4 is 39.2 Å². The second-order valence-electron chi connectivity index (χ2n) is 6.05. The highest BCUT2D eigenvalue weighted by molar-refractivity contribution is 9.10. The fourth-order valence-corrected chi connectivity index (χ4v) is 3.11. The lowest BCUT2D eigenvalue weighted by Crippen LogP contribution is -2.27. The molecule has 0 spiro atoms. The van der Waals surface area contributed by atoms with Gasteiger partial charge in [-0.05, 0) is 34.5 Å². The maximum atomic E-state index is 12.6. The summed E-state index contributed by atoms with van der Waals surface area (Å²) in [5.41, 5.74) is -0.613. The number of unbranched alkanes of at least 4 members (excludes halogenated alkanes) is 1. The maximum Gasteiger partial charge on any atom is 0.355 e. The summed E-state index contributed by atoms with van der Waals surface area (Å²) in [4.78, 5) is 37.2. The molecule has 0 fully saturated rings. The van der Waals surface area contributed by atoms with Gasteiger partial charge in [-0.2, -0.15) is 0 Å². The summed E-state index contributed by atoms with van der Waals surface area (Å²) in [6, 6.07) is 2.72. The zero-order chi connectivity index (χ0) is 22.3. The van der Waals surface area contributed by atoms with Crippen molar-refractivity contribution in [3.63, 3.8) is 0 Å². The Morgan fingerprint density at radius 3 is 2.47 bits per heavy atom. The summed E-state index contributed by atoms with van der Waals surface area (Å²) in [6.45, 7) is 2.42. The molecule has 1 heterocycles. The SMILES string of the molecule is CCCCOc1cc(N2C=CC=CC(C(=O)OC)=C2C(=O)OC)c([N+](=O)[O-])cc1Br. The molecule has 160 valence electrons. The van der Waals surface area contributed by atoms with E-state index in [9.17, 15) is 19.7 Å². The average molecular weight is 481 g/mol. The van der Waals surface area contributed by atoms with Crippen molar-refractivity contribution in [1.82, 2.24) is 0 Å². The van der Waals surface area contributed by atoms with Gasteiger partial charge >= 0.3 is 11.9 Å². The number of methoxy groups -OCH3 is 2. The highest BCUT2D eigenvalue weighted by Gasteiger charge is 2.32. The van der Waals surface area contributed by atoms with Crippen LogP contribution in [0.1, 0.15) is 19.8 Å². The van der Waals surface area contributed by atoms with Gasteiger partial charge in [0, 0.05) is 18.3 Å². The number of hydrogen-bond acceptors (Lipinski definition) is 8. The first-order valence-electron chi connectivity index (χ1n) is 9.01. The van der Waals surface area contributed by atoms with E-state index in [2.05, 4.69) is 15.9 Å². The molecule has 1 aliphatic rings. The molecule has 0 aromatic heterocycles. The maximum absolute atomic E-state index is 12.6. The van der Waals surface area contributed by atoms with Crippen LogP contribution in [0.25, 0.3) is 0 Å². The largest absolute Gasteiger partial charge is 0.492 e. The quantitative estimate of drug-likeness (QED) is 0.237. The number of benzene rings is 1. The summed E-state index contributed by atoms with van der Waals surface area (Å²) in [5, 5.41) is 11.7. The van der Waals surface area contributed by atoms with Crippen molar-refractivity contribution in [2.75, 3.05) is 25.7 Å². The van der Waals surface area contributed by atoms with Gasteiger partial charge in [0.2, 0.25) is 0 Å². The Morgan fingerprint density at radius 1 is 1.17 bits per heavy atom. The monoisotopic (exact) mass is 480 g/mol. The van der Waals surface area contributed by atoms with Crippen molar-refractivity contribution in [3.05, 3.63) is 62.4 Å². The Balaban J connectivity index is 2.73. The smallest absolute Gasteiger partial charge is 0.355 e. The fourth-order valence-electron chi connectivity index (χ4n) is 2.66. The number of esters is 2. The summed E-state index contributed by atoms with van der Waals surface area (Å²) in [5.74, 6) is -1.30. The number of carbonyl (C=O) groups excluding carboxylic acids is 2. The Bertz CT molecular complexity index is 937. The third-order valence-electron chi connectivity index (χ3n) is 4.13. The number of allylic oxidation sites excluding steroid dienone is 2. The molecule has 2 rings (SSSR count). The molecule has 1 aromatic carbocycles. The second kappa shape index (κ2) is 10.6. The molecule has 0 saturated heterocycles. The van der Waals surface area contributed by atoms with Crippen LogP contribution in [0.15, 0.2) is 52.3 Å². The molecule has 1 aromatic rings. The number of halogens is 1. The van der Waals surface area contributed by atoms with Crippen molar-refractivity contribution in [2.24, 2.45) is 0 Å². The number of ether oxygens (including phenoxy) is 3. The third-order valence-corrected chi connectivity index (χ3v) is 4.75. The first-order chi connectivity index (χ1) is 14.3.